The van der Waals surface area contributed by atoms with Crippen molar-refractivity contribution in [1.29, 1.82) is 0 Å². The minimum Gasteiger partial charge on any atom is -0.483 e. The minimum absolute atomic E-state index is 0.0459. The predicted octanol–water partition coefficient (Wildman–Crippen LogP) is 4.10. The number of carboxylic acid groups (broad SMARTS) is 1. The molecule has 31 heavy (non-hydrogen) atoms. The van der Waals surface area contributed by atoms with E-state index in [0.717, 1.165) is 48.7 Å². The van der Waals surface area contributed by atoms with Gasteiger partial charge in [0.2, 0.25) is 0 Å². The molecule has 1 saturated heterocycles. The molecule has 1 aliphatic rings. The molecule has 1 aromatic carbocycles. The van der Waals surface area contributed by atoms with Gasteiger partial charge < -0.3 is 15.3 Å². The van der Waals surface area contributed by atoms with Crippen LogP contribution in [0.5, 0.6) is 0 Å². The quantitative estimate of drug-likeness (QED) is 0.576. The molecule has 4 rings (SSSR count). The van der Waals surface area contributed by atoms with E-state index in [-0.39, 0.29) is 18.4 Å². The second-order valence-electron chi connectivity index (χ2n) is 6.86. The summed E-state index contributed by atoms with van der Waals surface area (Å²) in [5.41, 5.74) is 1.51. The number of hydrogen-bond donors (Lipinski definition) is 2. The molecular formula is C22H25N5O3S. The van der Waals surface area contributed by atoms with Gasteiger partial charge in [-0.3, -0.25) is 9.59 Å². The van der Waals surface area contributed by atoms with Crippen LogP contribution in [-0.2, 0) is 4.79 Å². The minimum atomic E-state index is -0.250. The summed E-state index contributed by atoms with van der Waals surface area (Å²) in [5.74, 6) is 1.44. The standard InChI is InChI=1S/C21H23N5OS.CH2O2/c1-2-22-18-9-10-23-19(25-18)15-6-5-7-16(14-15)21(27)26-12-4-3-8-17(26)20-24-11-13-28-20;2-1-3/h5-7,9-11,13-14,17H,2-4,8,12H2,1H3,(H,22,23,25);1H,(H,2,3). The lowest BCUT2D eigenvalue weighted by Gasteiger charge is -2.34. The summed E-state index contributed by atoms with van der Waals surface area (Å²) in [7, 11) is 0. The third kappa shape index (κ3) is 5.64. The van der Waals surface area contributed by atoms with Crippen LogP contribution in [0.1, 0.15) is 47.6 Å². The van der Waals surface area contributed by atoms with Gasteiger partial charge in [-0.05, 0) is 44.4 Å². The Labute approximate surface area is 185 Å². The zero-order chi connectivity index (χ0) is 22.1. The van der Waals surface area contributed by atoms with Gasteiger partial charge in [-0.25, -0.2) is 15.0 Å². The van der Waals surface area contributed by atoms with Crippen molar-refractivity contribution in [2.24, 2.45) is 0 Å². The molecule has 2 aromatic heterocycles. The molecule has 3 aromatic rings. The van der Waals surface area contributed by atoms with E-state index in [2.05, 4.69) is 20.3 Å². The molecule has 1 fully saturated rings. The molecule has 1 aliphatic heterocycles. The molecule has 1 atom stereocenters. The molecular weight excluding hydrogens is 414 g/mol. The van der Waals surface area contributed by atoms with Crippen molar-refractivity contribution in [2.45, 2.75) is 32.2 Å². The topological polar surface area (TPSA) is 108 Å². The maximum Gasteiger partial charge on any atom is 0.290 e. The average molecular weight is 440 g/mol. The van der Waals surface area contributed by atoms with Crippen LogP contribution < -0.4 is 5.32 Å². The Bertz CT molecular complexity index is 996. The van der Waals surface area contributed by atoms with E-state index in [0.29, 0.717) is 11.4 Å². The number of rotatable bonds is 5. The number of carbonyl (C=O) groups is 2. The van der Waals surface area contributed by atoms with Crippen LogP contribution in [0, 0.1) is 0 Å². The fourth-order valence-electron chi connectivity index (χ4n) is 3.56. The van der Waals surface area contributed by atoms with Crippen LogP contribution in [0.2, 0.25) is 0 Å². The number of hydrogen-bond acceptors (Lipinski definition) is 7. The summed E-state index contributed by atoms with van der Waals surface area (Å²) >= 11 is 1.62. The predicted molar refractivity (Wildman–Crippen MR) is 120 cm³/mol. The molecule has 3 heterocycles. The fraction of sp³-hybridized carbons (Fsp3) is 0.318. The summed E-state index contributed by atoms with van der Waals surface area (Å²) in [6.45, 7) is 3.33. The Balaban J connectivity index is 0.000000858. The number of likely N-dealkylation sites (tertiary alicyclic amines) is 1. The van der Waals surface area contributed by atoms with E-state index >= 15 is 0 Å². The van der Waals surface area contributed by atoms with E-state index in [1.165, 1.54) is 0 Å². The highest BCUT2D eigenvalue weighted by Gasteiger charge is 2.30. The van der Waals surface area contributed by atoms with Gasteiger partial charge in [0.25, 0.3) is 12.4 Å². The number of aromatic nitrogens is 3. The van der Waals surface area contributed by atoms with E-state index in [9.17, 15) is 4.79 Å². The molecule has 0 spiro atoms. The number of anilines is 1. The highest BCUT2D eigenvalue weighted by Crippen LogP contribution is 2.33. The Morgan fingerprint density at radius 2 is 2.13 bits per heavy atom. The molecule has 1 amide bonds. The monoisotopic (exact) mass is 439 g/mol. The number of thiazole rings is 1. The Morgan fingerprint density at radius 1 is 1.29 bits per heavy atom. The second-order valence-corrected chi connectivity index (χ2v) is 7.79. The van der Waals surface area contributed by atoms with Crippen LogP contribution in [0.15, 0.2) is 48.1 Å². The Morgan fingerprint density at radius 3 is 2.87 bits per heavy atom. The molecule has 0 saturated carbocycles. The lowest BCUT2D eigenvalue weighted by atomic mass is 10.0. The summed E-state index contributed by atoms with van der Waals surface area (Å²) in [4.78, 5) is 37.0. The van der Waals surface area contributed by atoms with Crippen molar-refractivity contribution in [3.05, 3.63) is 58.7 Å². The molecule has 8 nitrogen and oxygen atoms in total. The Kier molecular flexibility index (Phi) is 8.05. The van der Waals surface area contributed by atoms with Gasteiger partial charge in [0, 0.05) is 42.0 Å². The molecule has 162 valence electrons. The van der Waals surface area contributed by atoms with Gasteiger partial charge in [0.15, 0.2) is 5.82 Å². The highest BCUT2D eigenvalue weighted by molar-refractivity contribution is 7.09. The maximum atomic E-state index is 13.3. The molecule has 9 heteroatoms. The number of piperidine rings is 1. The van der Waals surface area contributed by atoms with Crippen molar-refractivity contribution in [2.75, 3.05) is 18.4 Å². The van der Waals surface area contributed by atoms with E-state index in [1.807, 2.05) is 53.7 Å². The first-order chi connectivity index (χ1) is 15.2. The average Bonchev–Trinajstić information content (AvgIpc) is 3.35. The van der Waals surface area contributed by atoms with Crippen molar-refractivity contribution < 1.29 is 14.7 Å². The first-order valence-electron chi connectivity index (χ1n) is 10.1. The summed E-state index contributed by atoms with van der Waals surface area (Å²) < 4.78 is 0. The maximum absolute atomic E-state index is 13.3. The molecule has 0 bridgehead atoms. The molecule has 2 N–H and O–H groups in total. The normalized spacial score (nSPS) is 15.5. The second kappa shape index (κ2) is 11.2. The SMILES string of the molecule is CCNc1ccnc(-c2cccc(C(=O)N3CCCCC3c3nccs3)c2)n1.O=CO. The van der Waals surface area contributed by atoms with Gasteiger partial charge in [0.1, 0.15) is 10.8 Å². The van der Waals surface area contributed by atoms with Crippen molar-refractivity contribution >= 4 is 29.5 Å². The first kappa shape index (κ1) is 22.4. The van der Waals surface area contributed by atoms with Crippen molar-refractivity contribution in [1.82, 2.24) is 19.9 Å². The molecule has 0 aliphatic carbocycles. The van der Waals surface area contributed by atoms with Gasteiger partial charge in [-0.15, -0.1) is 11.3 Å². The van der Waals surface area contributed by atoms with Crippen LogP contribution in [0.3, 0.4) is 0 Å². The van der Waals surface area contributed by atoms with Crippen molar-refractivity contribution in [3.8, 4) is 11.4 Å². The third-order valence-corrected chi connectivity index (χ3v) is 5.76. The fourth-order valence-corrected chi connectivity index (χ4v) is 4.35. The van der Waals surface area contributed by atoms with Gasteiger partial charge in [-0.2, -0.15) is 0 Å². The first-order valence-corrected chi connectivity index (χ1v) is 11.0. The zero-order valence-electron chi connectivity index (χ0n) is 17.3. The highest BCUT2D eigenvalue weighted by atomic mass is 32.1. The van der Waals surface area contributed by atoms with Crippen LogP contribution in [0.25, 0.3) is 11.4 Å². The van der Waals surface area contributed by atoms with Gasteiger partial charge in [0.05, 0.1) is 6.04 Å². The van der Waals surface area contributed by atoms with Crippen molar-refractivity contribution in [3.63, 3.8) is 0 Å². The lowest BCUT2D eigenvalue weighted by Crippen LogP contribution is -2.38. The lowest BCUT2D eigenvalue weighted by molar-refractivity contribution is -0.122. The van der Waals surface area contributed by atoms with E-state index < -0.39 is 0 Å². The molecule has 0 radical (unpaired) electrons. The number of nitrogens with zero attached hydrogens (tertiary/aromatic N) is 4. The summed E-state index contributed by atoms with van der Waals surface area (Å²) in [6, 6.07) is 9.51. The van der Waals surface area contributed by atoms with Crippen LogP contribution in [-0.4, -0.2) is 50.4 Å². The Hall–Kier alpha value is -3.33. The van der Waals surface area contributed by atoms with Crippen LogP contribution >= 0.6 is 11.3 Å². The third-order valence-electron chi connectivity index (χ3n) is 4.88. The van der Waals surface area contributed by atoms with E-state index in [4.69, 9.17) is 9.90 Å². The van der Waals surface area contributed by atoms with E-state index in [1.54, 1.807) is 17.5 Å². The molecule has 1 unspecified atom stereocenters. The smallest absolute Gasteiger partial charge is 0.290 e. The van der Waals surface area contributed by atoms with Gasteiger partial charge >= 0.3 is 0 Å². The number of benzene rings is 1. The largest absolute Gasteiger partial charge is 0.483 e. The number of carbonyl (C=O) groups excluding carboxylic acids is 1. The number of nitrogens with one attached hydrogen (secondary N) is 1. The summed E-state index contributed by atoms with van der Waals surface area (Å²) in [5, 5.41) is 13.1. The van der Waals surface area contributed by atoms with Gasteiger partial charge in [-0.1, -0.05) is 12.1 Å². The zero-order valence-corrected chi connectivity index (χ0v) is 18.1. The summed E-state index contributed by atoms with van der Waals surface area (Å²) in [6.07, 6.45) is 6.66. The number of amides is 1. The van der Waals surface area contributed by atoms with Crippen LogP contribution in [0.4, 0.5) is 5.82 Å².